The van der Waals surface area contributed by atoms with E-state index in [0.717, 1.165) is 22.1 Å². The summed E-state index contributed by atoms with van der Waals surface area (Å²) in [6, 6.07) is 9.33. The van der Waals surface area contributed by atoms with Crippen molar-refractivity contribution in [1.82, 2.24) is 15.5 Å². The normalized spacial score (nSPS) is 12.4. The molecule has 0 saturated heterocycles. The SMILES string of the molecule is CC(C)=NNc1ccc(SCC(C)(C)NCC(O)COc2cc(C)ccc2Cl)nn1. The highest BCUT2D eigenvalue weighted by Crippen LogP contribution is 2.25. The number of aliphatic hydroxyl groups is 1. The van der Waals surface area contributed by atoms with Crippen LogP contribution in [-0.2, 0) is 0 Å². The number of aliphatic hydroxyl groups excluding tert-OH is 1. The zero-order chi connectivity index (χ0) is 22.1. The molecule has 1 aromatic carbocycles. The molecular weight excluding hydrogens is 422 g/mol. The van der Waals surface area contributed by atoms with E-state index in [9.17, 15) is 5.11 Å². The number of nitrogens with zero attached hydrogens (tertiary/aromatic N) is 3. The summed E-state index contributed by atoms with van der Waals surface area (Å²) in [7, 11) is 0. The van der Waals surface area contributed by atoms with Crippen LogP contribution >= 0.6 is 23.4 Å². The maximum absolute atomic E-state index is 10.3. The highest BCUT2D eigenvalue weighted by Gasteiger charge is 2.20. The number of rotatable bonds is 11. The Labute approximate surface area is 187 Å². The average Bonchev–Trinajstić information content (AvgIpc) is 2.70. The lowest BCUT2D eigenvalue weighted by Crippen LogP contribution is -2.46. The molecule has 30 heavy (non-hydrogen) atoms. The molecule has 1 atom stereocenters. The fraction of sp³-hybridized carbons (Fsp3) is 0.476. The zero-order valence-corrected chi connectivity index (χ0v) is 19.6. The summed E-state index contributed by atoms with van der Waals surface area (Å²) in [5.74, 6) is 1.95. The van der Waals surface area contributed by atoms with Crippen molar-refractivity contribution >= 4 is 34.9 Å². The second-order valence-corrected chi connectivity index (χ2v) is 9.28. The quantitative estimate of drug-likeness (QED) is 0.268. The van der Waals surface area contributed by atoms with Crippen molar-refractivity contribution < 1.29 is 9.84 Å². The number of aromatic nitrogens is 2. The molecule has 0 aliphatic carbocycles. The van der Waals surface area contributed by atoms with E-state index < -0.39 is 6.10 Å². The van der Waals surface area contributed by atoms with Gasteiger partial charge in [-0.25, -0.2) is 0 Å². The molecule has 1 aromatic heterocycles. The largest absolute Gasteiger partial charge is 0.489 e. The first-order valence-electron chi connectivity index (χ1n) is 9.70. The lowest BCUT2D eigenvalue weighted by atomic mass is 10.1. The van der Waals surface area contributed by atoms with Gasteiger partial charge >= 0.3 is 0 Å². The van der Waals surface area contributed by atoms with E-state index in [4.69, 9.17) is 16.3 Å². The smallest absolute Gasteiger partial charge is 0.168 e. The van der Waals surface area contributed by atoms with Gasteiger partial charge in [0.1, 0.15) is 23.5 Å². The van der Waals surface area contributed by atoms with Gasteiger partial charge in [-0.05, 0) is 64.4 Å². The first kappa shape index (κ1) is 24.4. The number of thioether (sulfide) groups is 1. The molecule has 0 amide bonds. The maximum atomic E-state index is 10.3. The van der Waals surface area contributed by atoms with E-state index in [1.165, 1.54) is 0 Å². The number of hydrazone groups is 1. The molecule has 9 heteroatoms. The fourth-order valence-electron chi connectivity index (χ4n) is 2.29. The van der Waals surface area contributed by atoms with Crippen LogP contribution in [0.4, 0.5) is 5.82 Å². The monoisotopic (exact) mass is 451 g/mol. The lowest BCUT2D eigenvalue weighted by Gasteiger charge is -2.27. The molecule has 0 radical (unpaired) electrons. The lowest BCUT2D eigenvalue weighted by molar-refractivity contribution is 0.100. The van der Waals surface area contributed by atoms with Crippen LogP contribution in [0.25, 0.3) is 0 Å². The number of halogens is 1. The number of benzene rings is 1. The minimum Gasteiger partial charge on any atom is -0.489 e. The van der Waals surface area contributed by atoms with Crippen LogP contribution in [0.15, 0.2) is 40.5 Å². The van der Waals surface area contributed by atoms with Crippen LogP contribution in [0, 0.1) is 6.92 Å². The Balaban J connectivity index is 1.75. The molecule has 2 aromatic rings. The number of nitrogens with one attached hydrogen (secondary N) is 2. The molecule has 0 aliphatic heterocycles. The number of hydrogen-bond acceptors (Lipinski definition) is 8. The summed E-state index contributed by atoms with van der Waals surface area (Å²) in [6.07, 6.45) is -0.654. The van der Waals surface area contributed by atoms with Gasteiger partial charge in [0.25, 0.3) is 0 Å². The molecule has 0 bridgehead atoms. The predicted octanol–water partition coefficient (Wildman–Crippen LogP) is 4.15. The molecule has 3 N–H and O–H groups in total. The zero-order valence-electron chi connectivity index (χ0n) is 18.1. The Kier molecular flexibility index (Phi) is 9.36. The third-order valence-corrected chi connectivity index (χ3v) is 5.64. The first-order chi connectivity index (χ1) is 14.1. The highest BCUT2D eigenvalue weighted by molar-refractivity contribution is 7.99. The van der Waals surface area contributed by atoms with Crippen molar-refractivity contribution in [1.29, 1.82) is 0 Å². The Morgan fingerprint density at radius 1 is 1.27 bits per heavy atom. The topological polar surface area (TPSA) is 91.7 Å². The van der Waals surface area contributed by atoms with Crippen molar-refractivity contribution in [2.75, 3.05) is 24.3 Å². The molecule has 0 aliphatic rings. The number of ether oxygens (including phenoxy) is 1. The molecule has 0 saturated carbocycles. The van der Waals surface area contributed by atoms with Gasteiger partial charge in [0, 0.05) is 23.5 Å². The standard InChI is InChI=1S/C21H30ClN5O2S/c1-14(2)24-25-19-8-9-20(27-26-19)30-13-21(4,5)23-11-16(28)12-29-18-10-15(3)6-7-17(18)22/h6-10,16,23,28H,11-13H2,1-5H3,(H,25,26). The fourth-order valence-corrected chi connectivity index (χ4v) is 3.34. The molecule has 2 rings (SSSR count). The molecule has 7 nitrogen and oxygen atoms in total. The van der Waals surface area contributed by atoms with Crippen LogP contribution in [0.2, 0.25) is 5.02 Å². The summed E-state index contributed by atoms with van der Waals surface area (Å²) >= 11 is 7.72. The van der Waals surface area contributed by atoms with Crippen molar-refractivity contribution in [2.24, 2.45) is 5.10 Å². The van der Waals surface area contributed by atoms with E-state index >= 15 is 0 Å². The minimum atomic E-state index is -0.654. The third kappa shape index (κ3) is 8.87. The number of aryl methyl sites for hydroxylation is 1. The van der Waals surface area contributed by atoms with Gasteiger partial charge < -0.3 is 15.2 Å². The van der Waals surface area contributed by atoms with Gasteiger partial charge in [-0.1, -0.05) is 17.7 Å². The third-order valence-electron chi connectivity index (χ3n) is 3.95. The van der Waals surface area contributed by atoms with Gasteiger partial charge in [0.05, 0.1) is 5.02 Å². The number of hydrogen-bond donors (Lipinski definition) is 3. The molecular formula is C21H30ClN5O2S. The first-order valence-corrected chi connectivity index (χ1v) is 11.1. The van der Waals surface area contributed by atoms with Crippen LogP contribution in [0.1, 0.15) is 33.3 Å². The maximum Gasteiger partial charge on any atom is 0.168 e. The summed E-state index contributed by atoms with van der Waals surface area (Å²) in [5, 5.41) is 27.4. The van der Waals surface area contributed by atoms with Gasteiger partial charge in [-0.2, -0.15) is 5.10 Å². The summed E-state index contributed by atoms with van der Waals surface area (Å²) in [5.41, 5.74) is 4.61. The Hall–Kier alpha value is -1.87. The second-order valence-electron chi connectivity index (χ2n) is 7.88. The van der Waals surface area contributed by atoms with Crippen LogP contribution in [0.5, 0.6) is 5.75 Å². The van der Waals surface area contributed by atoms with Crippen molar-refractivity contribution in [3.63, 3.8) is 0 Å². The Morgan fingerprint density at radius 3 is 2.70 bits per heavy atom. The summed E-state index contributed by atoms with van der Waals surface area (Å²) < 4.78 is 5.66. The van der Waals surface area contributed by atoms with Gasteiger partial charge in [0.2, 0.25) is 0 Å². The van der Waals surface area contributed by atoms with Gasteiger partial charge in [0.15, 0.2) is 5.82 Å². The predicted molar refractivity (Wildman–Crippen MR) is 125 cm³/mol. The Bertz CT molecular complexity index is 842. The molecule has 0 spiro atoms. The van der Waals surface area contributed by atoms with E-state index in [0.29, 0.717) is 23.1 Å². The highest BCUT2D eigenvalue weighted by atomic mass is 35.5. The van der Waals surface area contributed by atoms with Crippen molar-refractivity contribution in [3.8, 4) is 5.75 Å². The van der Waals surface area contributed by atoms with E-state index in [1.807, 2.05) is 45.0 Å². The van der Waals surface area contributed by atoms with Crippen LogP contribution < -0.4 is 15.5 Å². The van der Waals surface area contributed by atoms with E-state index in [2.05, 4.69) is 39.9 Å². The molecule has 1 heterocycles. The van der Waals surface area contributed by atoms with Crippen molar-refractivity contribution in [3.05, 3.63) is 40.9 Å². The van der Waals surface area contributed by atoms with Gasteiger partial charge in [-0.15, -0.1) is 22.0 Å². The number of anilines is 1. The van der Waals surface area contributed by atoms with E-state index in [-0.39, 0.29) is 12.1 Å². The molecule has 1 unspecified atom stereocenters. The molecule has 164 valence electrons. The van der Waals surface area contributed by atoms with E-state index in [1.54, 1.807) is 17.8 Å². The summed E-state index contributed by atoms with van der Waals surface area (Å²) in [6.45, 7) is 10.5. The average molecular weight is 452 g/mol. The number of β-amino-alcohol motifs (C(OH)–C–C–N with tert-alkyl or cyclic N) is 1. The van der Waals surface area contributed by atoms with Crippen molar-refractivity contribution in [2.45, 2.75) is 51.3 Å². The second kappa shape index (κ2) is 11.5. The van der Waals surface area contributed by atoms with Crippen LogP contribution in [-0.4, -0.2) is 51.6 Å². The van der Waals surface area contributed by atoms with Gasteiger partial charge in [-0.3, -0.25) is 5.43 Å². The minimum absolute atomic E-state index is 0.166. The Morgan fingerprint density at radius 2 is 2.03 bits per heavy atom. The van der Waals surface area contributed by atoms with Crippen LogP contribution in [0.3, 0.4) is 0 Å². The summed E-state index contributed by atoms with van der Waals surface area (Å²) in [4.78, 5) is 0. The molecule has 0 fully saturated rings.